The zero-order valence-corrected chi connectivity index (χ0v) is 10.3. The molecule has 6 heteroatoms. The van der Waals surface area contributed by atoms with Crippen molar-refractivity contribution in [2.75, 3.05) is 12.8 Å². The Morgan fingerprint density at radius 2 is 2.27 bits per heavy atom. The second kappa shape index (κ2) is 4.16. The van der Waals surface area contributed by atoms with Gasteiger partial charge in [-0.05, 0) is 45.7 Å². The van der Waals surface area contributed by atoms with E-state index in [0.29, 0.717) is 5.95 Å². The third-order valence-corrected chi connectivity index (χ3v) is 3.24. The normalized spacial score (nSPS) is 10.3. The smallest absolute Gasteiger partial charge is 0.232 e. The Kier molecular flexibility index (Phi) is 2.88. The second-order valence-electron chi connectivity index (χ2n) is 2.81. The summed E-state index contributed by atoms with van der Waals surface area (Å²) in [5, 5.41) is 0.802. The van der Waals surface area contributed by atoms with Crippen molar-refractivity contribution < 1.29 is 4.74 Å². The summed E-state index contributed by atoms with van der Waals surface area (Å²) in [6.45, 7) is 0. The number of nitrogens with two attached hydrogens (primary N) is 1. The molecule has 1 aromatic heterocycles. The minimum Gasteiger partial charge on any atom is -0.496 e. The Hall–Kier alpha value is -1.14. The molecule has 0 spiro atoms. The molecule has 2 aromatic rings. The summed E-state index contributed by atoms with van der Waals surface area (Å²) >= 11 is 4.69. The SMILES string of the molecule is COc1ccc(-c2nc(N)ns2)cc1Br. The summed E-state index contributed by atoms with van der Waals surface area (Å²) in [7, 11) is 1.63. The highest BCUT2D eigenvalue weighted by molar-refractivity contribution is 9.10. The highest BCUT2D eigenvalue weighted by atomic mass is 79.9. The lowest BCUT2D eigenvalue weighted by molar-refractivity contribution is 0.412. The molecule has 0 bridgehead atoms. The number of rotatable bonds is 2. The lowest BCUT2D eigenvalue weighted by Gasteiger charge is -2.03. The van der Waals surface area contributed by atoms with Crippen LogP contribution in [-0.4, -0.2) is 16.5 Å². The van der Waals surface area contributed by atoms with Crippen molar-refractivity contribution in [3.8, 4) is 16.3 Å². The number of nitrogens with zero attached hydrogens (tertiary/aromatic N) is 2. The fraction of sp³-hybridized carbons (Fsp3) is 0.111. The highest BCUT2D eigenvalue weighted by Crippen LogP contribution is 2.31. The summed E-state index contributed by atoms with van der Waals surface area (Å²) < 4.78 is 9.95. The van der Waals surface area contributed by atoms with E-state index in [0.717, 1.165) is 20.8 Å². The molecule has 0 aliphatic carbocycles. The van der Waals surface area contributed by atoms with Gasteiger partial charge >= 0.3 is 0 Å². The van der Waals surface area contributed by atoms with Crippen molar-refractivity contribution in [2.24, 2.45) is 0 Å². The Balaban J connectivity index is 2.42. The van der Waals surface area contributed by atoms with E-state index in [-0.39, 0.29) is 0 Å². The van der Waals surface area contributed by atoms with Crippen molar-refractivity contribution in [1.82, 2.24) is 9.36 Å². The number of ether oxygens (including phenoxy) is 1. The summed E-state index contributed by atoms with van der Waals surface area (Å²) in [5.41, 5.74) is 6.43. The maximum absolute atomic E-state index is 5.46. The molecule has 0 amide bonds. The van der Waals surface area contributed by atoms with E-state index in [9.17, 15) is 0 Å². The highest BCUT2D eigenvalue weighted by Gasteiger charge is 2.07. The third-order valence-electron chi connectivity index (χ3n) is 1.84. The van der Waals surface area contributed by atoms with Crippen LogP contribution in [0.15, 0.2) is 22.7 Å². The standard InChI is InChI=1S/C9H8BrN3OS/c1-14-7-3-2-5(4-6(7)10)8-12-9(11)13-15-8/h2-4H,1H3,(H2,11,13). The minimum atomic E-state index is 0.307. The largest absolute Gasteiger partial charge is 0.496 e. The summed E-state index contributed by atoms with van der Waals surface area (Å²) in [6.07, 6.45) is 0. The zero-order chi connectivity index (χ0) is 10.8. The number of methoxy groups -OCH3 is 1. The average Bonchev–Trinajstić information content (AvgIpc) is 2.65. The predicted molar refractivity (Wildman–Crippen MR) is 64.0 cm³/mol. The molecular weight excluding hydrogens is 278 g/mol. The predicted octanol–water partition coefficient (Wildman–Crippen LogP) is 2.56. The summed E-state index contributed by atoms with van der Waals surface area (Å²) in [6, 6.07) is 5.72. The first-order valence-electron chi connectivity index (χ1n) is 4.14. The van der Waals surface area contributed by atoms with Gasteiger partial charge < -0.3 is 10.5 Å². The number of aromatic nitrogens is 2. The van der Waals surface area contributed by atoms with Crippen molar-refractivity contribution in [3.63, 3.8) is 0 Å². The minimum absolute atomic E-state index is 0.307. The van der Waals surface area contributed by atoms with Crippen molar-refractivity contribution in [3.05, 3.63) is 22.7 Å². The van der Waals surface area contributed by atoms with Crippen LogP contribution in [0.25, 0.3) is 10.6 Å². The van der Waals surface area contributed by atoms with Gasteiger partial charge in [0.1, 0.15) is 10.8 Å². The molecule has 15 heavy (non-hydrogen) atoms. The van der Waals surface area contributed by atoms with E-state index in [1.54, 1.807) is 7.11 Å². The molecule has 0 radical (unpaired) electrons. The topological polar surface area (TPSA) is 61.0 Å². The van der Waals surface area contributed by atoms with Gasteiger partial charge in [0.25, 0.3) is 0 Å². The number of hydrogen-bond donors (Lipinski definition) is 1. The van der Waals surface area contributed by atoms with Gasteiger partial charge in [0, 0.05) is 5.56 Å². The first-order chi connectivity index (χ1) is 7.20. The molecule has 0 saturated carbocycles. The van der Waals surface area contributed by atoms with Gasteiger partial charge in [-0.15, -0.1) is 0 Å². The second-order valence-corrected chi connectivity index (χ2v) is 4.41. The number of hydrogen-bond acceptors (Lipinski definition) is 5. The molecule has 0 aliphatic heterocycles. The van der Waals surface area contributed by atoms with Crippen LogP contribution < -0.4 is 10.5 Å². The molecule has 4 nitrogen and oxygen atoms in total. The molecule has 0 unspecified atom stereocenters. The van der Waals surface area contributed by atoms with Crippen LogP contribution in [-0.2, 0) is 0 Å². The van der Waals surface area contributed by atoms with Crippen LogP contribution >= 0.6 is 27.5 Å². The van der Waals surface area contributed by atoms with Gasteiger partial charge in [-0.25, -0.2) is 0 Å². The Bertz CT molecular complexity index is 486. The molecule has 1 aromatic carbocycles. The van der Waals surface area contributed by atoms with Gasteiger partial charge in [0.2, 0.25) is 5.95 Å². The summed E-state index contributed by atoms with van der Waals surface area (Å²) in [4.78, 5) is 4.10. The number of anilines is 1. The number of halogens is 1. The van der Waals surface area contributed by atoms with E-state index in [2.05, 4.69) is 25.3 Å². The molecule has 0 fully saturated rings. The van der Waals surface area contributed by atoms with Gasteiger partial charge in [-0.2, -0.15) is 9.36 Å². The van der Waals surface area contributed by atoms with Crippen LogP contribution in [0, 0.1) is 0 Å². The first-order valence-corrected chi connectivity index (χ1v) is 5.70. The molecular formula is C9H8BrN3OS. The van der Waals surface area contributed by atoms with E-state index in [1.165, 1.54) is 11.5 Å². The number of benzene rings is 1. The van der Waals surface area contributed by atoms with Gasteiger partial charge in [0.15, 0.2) is 0 Å². The first kappa shape index (κ1) is 10.4. The molecule has 2 N–H and O–H groups in total. The fourth-order valence-electron chi connectivity index (χ4n) is 1.15. The van der Waals surface area contributed by atoms with Crippen LogP contribution in [0.1, 0.15) is 0 Å². The number of nitrogen functional groups attached to an aromatic ring is 1. The van der Waals surface area contributed by atoms with E-state index in [4.69, 9.17) is 10.5 Å². The van der Waals surface area contributed by atoms with Gasteiger partial charge in [-0.3, -0.25) is 0 Å². The molecule has 2 rings (SSSR count). The van der Waals surface area contributed by atoms with Crippen molar-refractivity contribution >= 4 is 33.4 Å². The lowest BCUT2D eigenvalue weighted by Crippen LogP contribution is -1.87. The maximum Gasteiger partial charge on any atom is 0.232 e. The van der Waals surface area contributed by atoms with Crippen LogP contribution in [0.4, 0.5) is 5.95 Å². The zero-order valence-electron chi connectivity index (χ0n) is 7.90. The van der Waals surface area contributed by atoms with Crippen LogP contribution in [0.5, 0.6) is 5.75 Å². The molecule has 1 heterocycles. The van der Waals surface area contributed by atoms with Crippen LogP contribution in [0.3, 0.4) is 0 Å². The Morgan fingerprint density at radius 3 is 2.80 bits per heavy atom. The van der Waals surface area contributed by atoms with Gasteiger partial charge in [-0.1, -0.05) is 0 Å². The Morgan fingerprint density at radius 1 is 1.47 bits per heavy atom. The monoisotopic (exact) mass is 285 g/mol. The van der Waals surface area contributed by atoms with Crippen LogP contribution in [0.2, 0.25) is 0 Å². The molecule has 78 valence electrons. The molecule has 0 atom stereocenters. The molecule has 0 aliphatic rings. The van der Waals surface area contributed by atoms with Crippen molar-refractivity contribution in [1.29, 1.82) is 0 Å². The average molecular weight is 286 g/mol. The molecule has 0 saturated heterocycles. The summed E-state index contributed by atoms with van der Waals surface area (Å²) in [5.74, 6) is 1.10. The maximum atomic E-state index is 5.46. The van der Waals surface area contributed by atoms with E-state index >= 15 is 0 Å². The lowest BCUT2D eigenvalue weighted by atomic mass is 10.2. The quantitative estimate of drug-likeness (QED) is 0.921. The van der Waals surface area contributed by atoms with Crippen molar-refractivity contribution in [2.45, 2.75) is 0 Å². The third kappa shape index (κ3) is 2.10. The van der Waals surface area contributed by atoms with E-state index in [1.807, 2.05) is 18.2 Å². The van der Waals surface area contributed by atoms with Gasteiger partial charge in [0.05, 0.1) is 11.6 Å². The van der Waals surface area contributed by atoms with E-state index < -0.39 is 0 Å². The fourth-order valence-corrected chi connectivity index (χ4v) is 2.28. The Labute approximate surface area is 99.4 Å².